The summed E-state index contributed by atoms with van der Waals surface area (Å²) in [5.74, 6) is 0.00154. The molecule has 6 heteroatoms. The van der Waals surface area contributed by atoms with E-state index in [0.29, 0.717) is 10.8 Å². The molecule has 0 atom stereocenters. The lowest BCUT2D eigenvalue weighted by molar-refractivity contribution is -0.274. The Morgan fingerprint density at radius 3 is 2.62 bits per heavy atom. The molecule has 0 radical (unpaired) electrons. The van der Waals surface area contributed by atoms with Crippen LogP contribution in [-0.2, 0) is 0 Å². The molecule has 0 saturated heterocycles. The number of ether oxygens (including phenoxy) is 1. The van der Waals surface area contributed by atoms with E-state index in [1.54, 1.807) is 6.07 Å². The third-order valence-electron chi connectivity index (χ3n) is 2.00. The van der Waals surface area contributed by atoms with E-state index in [2.05, 4.69) is 9.72 Å². The second kappa shape index (κ2) is 3.55. The van der Waals surface area contributed by atoms with Crippen molar-refractivity contribution in [1.29, 1.82) is 0 Å². The average Bonchev–Trinajstić information content (AvgIpc) is 2.15. The first-order valence-electron chi connectivity index (χ1n) is 4.36. The molecule has 0 saturated carbocycles. The van der Waals surface area contributed by atoms with E-state index in [-0.39, 0.29) is 11.6 Å². The minimum absolute atomic E-state index is 0.273. The number of hydrogen-bond donors (Lipinski definition) is 1. The van der Waals surface area contributed by atoms with Crippen LogP contribution in [0.2, 0.25) is 0 Å². The van der Waals surface area contributed by atoms with Crippen LogP contribution in [0.3, 0.4) is 0 Å². The van der Waals surface area contributed by atoms with Gasteiger partial charge in [0.05, 0.1) is 0 Å². The van der Waals surface area contributed by atoms with Gasteiger partial charge < -0.3 is 10.5 Å². The van der Waals surface area contributed by atoms with Gasteiger partial charge in [0.1, 0.15) is 11.6 Å². The maximum absolute atomic E-state index is 12.0. The summed E-state index contributed by atoms with van der Waals surface area (Å²) >= 11 is 0. The van der Waals surface area contributed by atoms with Gasteiger partial charge in [0.15, 0.2) is 0 Å². The van der Waals surface area contributed by atoms with Crippen molar-refractivity contribution in [3.63, 3.8) is 0 Å². The molecule has 0 aliphatic heterocycles. The van der Waals surface area contributed by atoms with Gasteiger partial charge in [0.2, 0.25) is 0 Å². The zero-order valence-electron chi connectivity index (χ0n) is 7.95. The Kier molecular flexibility index (Phi) is 2.34. The van der Waals surface area contributed by atoms with Gasteiger partial charge in [0.25, 0.3) is 0 Å². The summed E-state index contributed by atoms with van der Waals surface area (Å²) in [6.45, 7) is 0. The third kappa shape index (κ3) is 2.16. The highest BCUT2D eigenvalue weighted by molar-refractivity contribution is 5.91. The summed E-state index contributed by atoms with van der Waals surface area (Å²) < 4.78 is 39.7. The maximum Gasteiger partial charge on any atom is 0.573 e. The SMILES string of the molecule is Nc1nccc2cc(OC(F)(F)F)ccc12. The summed E-state index contributed by atoms with van der Waals surface area (Å²) in [5, 5.41) is 1.14. The Morgan fingerprint density at radius 2 is 1.94 bits per heavy atom. The summed E-state index contributed by atoms with van der Waals surface area (Å²) in [6.07, 6.45) is -3.26. The highest BCUT2D eigenvalue weighted by Gasteiger charge is 2.31. The van der Waals surface area contributed by atoms with Crippen LogP contribution in [0, 0.1) is 0 Å². The molecule has 2 N–H and O–H groups in total. The van der Waals surface area contributed by atoms with Crippen LogP contribution in [0.4, 0.5) is 19.0 Å². The molecule has 84 valence electrons. The molecule has 2 rings (SSSR count). The first-order valence-corrected chi connectivity index (χ1v) is 4.36. The van der Waals surface area contributed by atoms with Gasteiger partial charge >= 0.3 is 6.36 Å². The van der Waals surface area contributed by atoms with Crippen LogP contribution >= 0.6 is 0 Å². The van der Waals surface area contributed by atoms with Crippen LogP contribution in [-0.4, -0.2) is 11.3 Å². The fourth-order valence-corrected chi connectivity index (χ4v) is 1.38. The fourth-order valence-electron chi connectivity index (χ4n) is 1.38. The molecule has 1 aromatic heterocycles. The van der Waals surface area contributed by atoms with Gasteiger partial charge in [-0.25, -0.2) is 4.98 Å². The number of nitrogens with two attached hydrogens (primary N) is 1. The first kappa shape index (κ1) is 10.5. The summed E-state index contributed by atoms with van der Waals surface area (Å²) in [7, 11) is 0. The van der Waals surface area contributed by atoms with Crippen LogP contribution in [0.1, 0.15) is 0 Å². The van der Waals surface area contributed by atoms with Crippen molar-refractivity contribution >= 4 is 16.6 Å². The Labute approximate surface area is 88.6 Å². The lowest BCUT2D eigenvalue weighted by atomic mass is 10.1. The van der Waals surface area contributed by atoms with Crippen LogP contribution < -0.4 is 10.5 Å². The Balaban J connectivity index is 2.45. The lowest BCUT2D eigenvalue weighted by Crippen LogP contribution is -2.17. The molecule has 1 heterocycles. The van der Waals surface area contributed by atoms with E-state index in [1.807, 2.05) is 0 Å². The van der Waals surface area contributed by atoms with Crippen LogP contribution in [0.15, 0.2) is 30.5 Å². The zero-order valence-corrected chi connectivity index (χ0v) is 7.95. The van der Waals surface area contributed by atoms with Crippen molar-refractivity contribution in [2.45, 2.75) is 6.36 Å². The predicted octanol–water partition coefficient (Wildman–Crippen LogP) is 2.72. The van der Waals surface area contributed by atoms with Gasteiger partial charge in [-0.2, -0.15) is 0 Å². The quantitative estimate of drug-likeness (QED) is 0.816. The van der Waals surface area contributed by atoms with E-state index in [9.17, 15) is 13.2 Å². The molecule has 1 aromatic carbocycles. The van der Waals surface area contributed by atoms with Gasteiger partial charge in [-0.15, -0.1) is 13.2 Å². The molecule has 0 fully saturated rings. The van der Waals surface area contributed by atoms with Crippen molar-refractivity contribution < 1.29 is 17.9 Å². The van der Waals surface area contributed by atoms with Gasteiger partial charge in [-0.3, -0.25) is 0 Å². The summed E-state index contributed by atoms with van der Waals surface area (Å²) in [4.78, 5) is 3.83. The molecule has 0 aliphatic rings. The number of pyridine rings is 1. The highest BCUT2D eigenvalue weighted by atomic mass is 19.4. The number of nitrogen functional groups attached to an aromatic ring is 1. The van der Waals surface area contributed by atoms with Crippen LogP contribution in [0.25, 0.3) is 10.8 Å². The molecule has 0 spiro atoms. The summed E-state index contributed by atoms with van der Waals surface area (Å²) in [5.41, 5.74) is 5.56. The molecule has 3 nitrogen and oxygen atoms in total. The zero-order chi connectivity index (χ0) is 11.8. The maximum atomic E-state index is 12.0. The molecule has 0 amide bonds. The predicted molar refractivity (Wildman–Crippen MR) is 52.8 cm³/mol. The second-order valence-electron chi connectivity index (χ2n) is 3.13. The van der Waals surface area contributed by atoms with E-state index < -0.39 is 6.36 Å². The first-order chi connectivity index (χ1) is 7.46. The minimum Gasteiger partial charge on any atom is -0.406 e. The van der Waals surface area contributed by atoms with Crippen molar-refractivity contribution in [2.24, 2.45) is 0 Å². The number of halogens is 3. The molecule has 0 unspecified atom stereocenters. The number of hydrogen-bond acceptors (Lipinski definition) is 3. The van der Waals surface area contributed by atoms with Gasteiger partial charge in [0, 0.05) is 11.6 Å². The van der Waals surface area contributed by atoms with Crippen LogP contribution in [0.5, 0.6) is 5.75 Å². The third-order valence-corrected chi connectivity index (χ3v) is 2.00. The number of anilines is 1. The lowest BCUT2D eigenvalue weighted by Gasteiger charge is -2.09. The fraction of sp³-hybridized carbons (Fsp3) is 0.100. The molecule has 0 aliphatic carbocycles. The van der Waals surface area contributed by atoms with E-state index in [1.165, 1.54) is 24.4 Å². The Bertz CT molecular complexity index is 525. The molecule has 16 heavy (non-hydrogen) atoms. The topological polar surface area (TPSA) is 48.1 Å². The number of fused-ring (bicyclic) bond motifs is 1. The molecule has 0 bridgehead atoms. The minimum atomic E-state index is -4.69. The largest absolute Gasteiger partial charge is 0.573 e. The van der Waals surface area contributed by atoms with Gasteiger partial charge in [-0.1, -0.05) is 0 Å². The smallest absolute Gasteiger partial charge is 0.406 e. The van der Waals surface area contributed by atoms with E-state index in [4.69, 9.17) is 5.73 Å². The molecular formula is C10H7F3N2O. The number of benzene rings is 1. The highest BCUT2D eigenvalue weighted by Crippen LogP contribution is 2.27. The Hall–Kier alpha value is -1.98. The monoisotopic (exact) mass is 228 g/mol. The normalized spacial score (nSPS) is 11.7. The average molecular weight is 228 g/mol. The van der Waals surface area contributed by atoms with Crippen molar-refractivity contribution in [2.75, 3.05) is 5.73 Å². The van der Waals surface area contributed by atoms with Crippen molar-refractivity contribution in [1.82, 2.24) is 4.98 Å². The Morgan fingerprint density at radius 1 is 1.19 bits per heavy atom. The second-order valence-corrected chi connectivity index (χ2v) is 3.13. The van der Waals surface area contributed by atoms with Gasteiger partial charge in [-0.05, 0) is 29.7 Å². The van der Waals surface area contributed by atoms with Crippen molar-refractivity contribution in [3.8, 4) is 5.75 Å². The number of rotatable bonds is 1. The standard InChI is InChI=1S/C10H7F3N2O/c11-10(12,13)16-7-1-2-8-6(5-7)3-4-15-9(8)14/h1-5H,(H2,14,15). The number of alkyl halides is 3. The number of aromatic nitrogens is 1. The van der Waals surface area contributed by atoms with Crippen molar-refractivity contribution in [3.05, 3.63) is 30.5 Å². The van der Waals surface area contributed by atoms with E-state index >= 15 is 0 Å². The molecular weight excluding hydrogens is 221 g/mol. The number of nitrogens with zero attached hydrogens (tertiary/aromatic N) is 1. The molecule has 2 aromatic rings. The van der Waals surface area contributed by atoms with E-state index in [0.717, 1.165) is 0 Å². The summed E-state index contributed by atoms with van der Waals surface area (Å²) in [6, 6.07) is 5.47.